The number of hydrogen-bond donors (Lipinski definition) is 4. The number of carbonyl (C=O) groups is 1. The molecule has 0 aliphatic rings. The summed E-state index contributed by atoms with van der Waals surface area (Å²) in [6.45, 7) is 2.27. The molecular formula is C16H14Cl2N6O2S. The molecule has 0 unspecified atom stereocenters. The molecule has 0 saturated carbocycles. The van der Waals surface area contributed by atoms with Crippen molar-refractivity contribution in [2.45, 2.75) is 6.92 Å². The van der Waals surface area contributed by atoms with Crippen molar-refractivity contribution < 1.29 is 9.90 Å². The second kappa shape index (κ2) is 8.03. The van der Waals surface area contributed by atoms with Gasteiger partial charge in [0.05, 0.1) is 21.9 Å². The number of benzene rings is 1. The minimum absolute atomic E-state index is 0.120. The molecule has 8 nitrogen and oxygen atoms in total. The molecule has 3 N–H and O–H groups in total. The Morgan fingerprint density at radius 3 is 2.78 bits per heavy atom. The lowest BCUT2D eigenvalue weighted by Gasteiger charge is -2.15. The van der Waals surface area contributed by atoms with Gasteiger partial charge in [0.1, 0.15) is 17.1 Å². The quantitative estimate of drug-likeness (QED) is 0.468. The Labute approximate surface area is 170 Å². The molecule has 0 aliphatic heterocycles. The van der Waals surface area contributed by atoms with Gasteiger partial charge in [-0.05, 0) is 25.1 Å². The predicted molar refractivity (Wildman–Crippen MR) is 109 cm³/mol. The van der Waals surface area contributed by atoms with E-state index in [9.17, 15) is 9.90 Å². The van der Waals surface area contributed by atoms with Crippen LogP contribution in [0.4, 0.5) is 22.1 Å². The first-order valence-corrected chi connectivity index (χ1v) is 8.90. The van der Waals surface area contributed by atoms with E-state index >= 15 is 0 Å². The molecule has 3 rings (SSSR count). The number of phenolic OH excluding ortho intramolecular Hbond substituents is 1. The maximum atomic E-state index is 11.9. The maximum Gasteiger partial charge on any atom is 0.333 e. The molecule has 3 aromatic rings. The van der Waals surface area contributed by atoms with E-state index in [1.54, 1.807) is 19.1 Å². The highest BCUT2D eigenvalue weighted by Gasteiger charge is 2.14. The molecule has 0 saturated heterocycles. The van der Waals surface area contributed by atoms with Gasteiger partial charge in [-0.2, -0.15) is 0 Å². The van der Waals surface area contributed by atoms with E-state index in [1.165, 1.54) is 18.3 Å². The van der Waals surface area contributed by atoms with Crippen LogP contribution in [-0.2, 0) is 0 Å². The Kier molecular flexibility index (Phi) is 5.73. The molecule has 2 aromatic heterocycles. The van der Waals surface area contributed by atoms with Gasteiger partial charge < -0.3 is 15.7 Å². The first-order chi connectivity index (χ1) is 12.9. The highest BCUT2D eigenvalue weighted by atomic mass is 35.5. The van der Waals surface area contributed by atoms with E-state index in [1.807, 2.05) is 0 Å². The SMILES string of the molecule is CCNC(=O)N(S)c1ccc2ncc(Nc3cc(O)c(Cl)cc3Cl)nc2n1. The second-order valence-corrected chi connectivity index (χ2v) is 6.54. The number of thiol groups is 1. The molecule has 0 aliphatic carbocycles. The molecule has 27 heavy (non-hydrogen) atoms. The molecule has 0 fully saturated rings. The molecular weight excluding hydrogens is 411 g/mol. The number of amides is 2. The molecule has 2 heterocycles. The summed E-state index contributed by atoms with van der Waals surface area (Å²) < 4.78 is 1.08. The molecule has 2 amide bonds. The van der Waals surface area contributed by atoms with E-state index < -0.39 is 6.03 Å². The van der Waals surface area contributed by atoms with Gasteiger partial charge in [0.15, 0.2) is 11.5 Å². The highest BCUT2D eigenvalue weighted by Crippen LogP contribution is 2.34. The molecule has 0 atom stereocenters. The first-order valence-electron chi connectivity index (χ1n) is 7.74. The normalized spacial score (nSPS) is 10.7. The number of rotatable bonds is 4. The maximum absolute atomic E-state index is 11.9. The van der Waals surface area contributed by atoms with E-state index in [-0.39, 0.29) is 10.8 Å². The zero-order chi connectivity index (χ0) is 19.6. The zero-order valence-corrected chi connectivity index (χ0v) is 16.3. The number of halogens is 2. The summed E-state index contributed by atoms with van der Waals surface area (Å²) in [5.41, 5.74) is 1.24. The van der Waals surface area contributed by atoms with Gasteiger partial charge in [0.25, 0.3) is 0 Å². The largest absolute Gasteiger partial charge is 0.506 e. The van der Waals surface area contributed by atoms with Crippen LogP contribution in [0, 0.1) is 0 Å². The smallest absolute Gasteiger partial charge is 0.333 e. The number of hydrogen-bond acceptors (Lipinski definition) is 7. The summed E-state index contributed by atoms with van der Waals surface area (Å²) in [7, 11) is 0. The Morgan fingerprint density at radius 2 is 2.04 bits per heavy atom. The molecule has 1 aromatic carbocycles. The van der Waals surface area contributed by atoms with Crippen molar-refractivity contribution in [1.29, 1.82) is 0 Å². The summed E-state index contributed by atoms with van der Waals surface area (Å²) >= 11 is 16.1. The van der Waals surface area contributed by atoms with Crippen LogP contribution in [0.3, 0.4) is 0 Å². The fourth-order valence-corrected chi connectivity index (χ4v) is 2.78. The lowest BCUT2D eigenvalue weighted by Crippen LogP contribution is -2.34. The Hall–Kier alpha value is -2.49. The minimum Gasteiger partial charge on any atom is -0.506 e. The molecule has 0 radical (unpaired) electrons. The van der Waals surface area contributed by atoms with Gasteiger partial charge in [-0.25, -0.2) is 24.1 Å². The number of phenols is 1. The number of pyridine rings is 1. The Bertz CT molecular complexity index is 1020. The van der Waals surface area contributed by atoms with E-state index in [4.69, 9.17) is 23.2 Å². The number of nitrogens with zero attached hydrogens (tertiary/aromatic N) is 4. The third-order valence-electron chi connectivity index (χ3n) is 3.43. The van der Waals surface area contributed by atoms with Gasteiger partial charge in [-0.15, -0.1) is 0 Å². The molecule has 0 spiro atoms. The Balaban J connectivity index is 1.92. The van der Waals surface area contributed by atoms with Crippen molar-refractivity contribution in [3.8, 4) is 5.75 Å². The Morgan fingerprint density at radius 1 is 1.26 bits per heavy atom. The van der Waals surface area contributed by atoms with E-state index in [0.29, 0.717) is 40.1 Å². The van der Waals surface area contributed by atoms with Gasteiger partial charge in [-0.1, -0.05) is 36.0 Å². The van der Waals surface area contributed by atoms with Crippen LogP contribution < -0.4 is 14.9 Å². The lowest BCUT2D eigenvalue weighted by molar-refractivity contribution is 0.250. The summed E-state index contributed by atoms with van der Waals surface area (Å²) in [5.74, 6) is 0.523. The van der Waals surface area contributed by atoms with E-state index in [0.717, 1.165) is 4.31 Å². The molecule has 11 heteroatoms. The average molecular weight is 425 g/mol. The van der Waals surface area contributed by atoms with Crippen molar-refractivity contribution >= 4 is 70.5 Å². The van der Waals surface area contributed by atoms with Gasteiger partial charge in [0.2, 0.25) is 0 Å². The van der Waals surface area contributed by atoms with Crippen LogP contribution in [0.5, 0.6) is 5.75 Å². The number of nitrogens with one attached hydrogen (secondary N) is 2. The van der Waals surface area contributed by atoms with Crippen LogP contribution in [0.25, 0.3) is 11.2 Å². The van der Waals surface area contributed by atoms with E-state index in [2.05, 4.69) is 38.4 Å². The molecule has 140 valence electrons. The summed E-state index contributed by atoms with van der Waals surface area (Å²) in [5, 5.41) is 15.8. The van der Waals surface area contributed by atoms with Crippen molar-refractivity contribution in [2.24, 2.45) is 0 Å². The number of aromatic hydroxyl groups is 1. The van der Waals surface area contributed by atoms with Gasteiger partial charge in [0, 0.05) is 12.6 Å². The van der Waals surface area contributed by atoms with Crippen molar-refractivity contribution in [3.05, 3.63) is 40.5 Å². The van der Waals surface area contributed by atoms with Crippen LogP contribution in [0.1, 0.15) is 6.92 Å². The van der Waals surface area contributed by atoms with Crippen molar-refractivity contribution in [3.63, 3.8) is 0 Å². The fraction of sp³-hybridized carbons (Fsp3) is 0.125. The summed E-state index contributed by atoms with van der Waals surface area (Å²) in [6, 6.07) is 5.68. The third-order valence-corrected chi connectivity index (χ3v) is 4.43. The van der Waals surface area contributed by atoms with Crippen molar-refractivity contribution in [1.82, 2.24) is 20.3 Å². The summed E-state index contributed by atoms with van der Waals surface area (Å²) in [4.78, 5) is 24.8. The molecule has 0 bridgehead atoms. The highest BCUT2D eigenvalue weighted by molar-refractivity contribution is 7.82. The second-order valence-electron chi connectivity index (χ2n) is 5.32. The van der Waals surface area contributed by atoms with Crippen molar-refractivity contribution in [2.75, 3.05) is 16.2 Å². The van der Waals surface area contributed by atoms with Gasteiger partial charge >= 0.3 is 6.03 Å². The van der Waals surface area contributed by atoms with Crippen LogP contribution >= 0.6 is 36.0 Å². The zero-order valence-electron chi connectivity index (χ0n) is 13.9. The number of anilines is 3. The lowest BCUT2D eigenvalue weighted by atomic mass is 10.3. The average Bonchev–Trinajstić information content (AvgIpc) is 2.65. The first kappa shape index (κ1) is 19.3. The number of urea groups is 1. The number of carbonyl (C=O) groups excluding carboxylic acids is 1. The fourth-order valence-electron chi connectivity index (χ4n) is 2.17. The van der Waals surface area contributed by atoms with Crippen LogP contribution in [-0.4, -0.2) is 32.6 Å². The standard InChI is InChI=1S/C16H14Cl2N6O2S/c1-2-19-16(26)24(27)14-4-3-10-15(23-14)22-13(7-20-10)21-11-6-12(25)9(18)5-8(11)17/h3-7,25,27H,2H2,1H3,(H,19,26)(H,21,22,23). The number of aromatic nitrogens is 3. The topological polar surface area (TPSA) is 103 Å². The number of fused-ring (bicyclic) bond motifs is 1. The van der Waals surface area contributed by atoms with Crippen LogP contribution in [0.15, 0.2) is 30.5 Å². The predicted octanol–water partition coefficient (Wildman–Crippen LogP) is 4.16. The van der Waals surface area contributed by atoms with Gasteiger partial charge in [-0.3, -0.25) is 0 Å². The van der Waals surface area contributed by atoms with Crippen LogP contribution in [0.2, 0.25) is 10.0 Å². The monoisotopic (exact) mass is 424 g/mol. The third kappa shape index (κ3) is 4.26. The summed E-state index contributed by atoms with van der Waals surface area (Å²) in [6.07, 6.45) is 1.49. The minimum atomic E-state index is -0.404.